The number of hydrogen-bond donors (Lipinski definition) is 2. The molecule has 16 heteroatoms. The fourth-order valence-electron chi connectivity index (χ4n) is 4.38. The number of hydrogen-bond acceptors (Lipinski definition) is 4. The number of alkyl halides is 12. The van der Waals surface area contributed by atoms with Crippen molar-refractivity contribution in [3.05, 3.63) is 12.2 Å². The first kappa shape index (κ1) is 32.3. The Morgan fingerprint density at radius 3 is 1.33 bits per heavy atom. The summed E-state index contributed by atoms with van der Waals surface area (Å²) >= 11 is 0. The van der Waals surface area contributed by atoms with Crippen LogP contribution in [0.15, 0.2) is 12.2 Å². The highest BCUT2D eigenvalue weighted by Gasteiger charge is 2.61. The molecule has 0 aromatic carbocycles. The van der Waals surface area contributed by atoms with E-state index in [0.29, 0.717) is 0 Å². The van der Waals surface area contributed by atoms with Gasteiger partial charge in [0.15, 0.2) is 11.2 Å². The number of rotatable bonds is 8. The second kappa shape index (κ2) is 10.6. The zero-order chi connectivity index (χ0) is 28.5. The SMILES string of the molecule is C=C(C)C(=O)OC1CC(CC(O)(CC(F)(F)F)C(F)(F)F)CC(CC(O)(CC(F)(F)F)C(F)(F)F)C1. The van der Waals surface area contributed by atoms with E-state index in [-0.39, 0.29) is 5.57 Å². The van der Waals surface area contributed by atoms with Gasteiger partial charge in [0, 0.05) is 5.57 Å². The van der Waals surface area contributed by atoms with Gasteiger partial charge in [-0.3, -0.25) is 0 Å². The molecule has 0 amide bonds. The zero-order valence-corrected chi connectivity index (χ0v) is 18.6. The lowest BCUT2D eigenvalue weighted by Crippen LogP contribution is -2.52. The number of esters is 1. The molecule has 36 heavy (non-hydrogen) atoms. The summed E-state index contributed by atoms with van der Waals surface area (Å²) in [5.74, 6) is -4.48. The van der Waals surface area contributed by atoms with E-state index >= 15 is 0 Å². The standard InChI is InChI=1S/C20H24F12O4/c1-10(2)14(33)36-13-4-11(6-15(34,19(27,28)29)8-17(21,22)23)3-12(5-13)7-16(35,20(30,31)32)9-18(24,25)26/h11-13,34-35H,1,3-9H2,2H3. The maximum Gasteiger partial charge on any atom is 0.417 e. The van der Waals surface area contributed by atoms with Gasteiger partial charge in [-0.05, 0) is 50.9 Å². The Kier molecular flexibility index (Phi) is 9.49. The molecule has 1 saturated carbocycles. The van der Waals surface area contributed by atoms with E-state index in [2.05, 4.69) is 6.58 Å². The summed E-state index contributed by atoms with van der Waals surface area (Å²) in [6.45, 7) is 4.36. The van der Waals surface area contributed by atoms with Crippen molar-refractivity contribution in [1.29, 1.82) is 0 Å². The first-order chi connectivity index (χ1) is 15.8. The number of carbonyl (C=O) groups excluding carboxylic acids is 1. The summed E-state index contributed by atoms with van der Waals surface area (Å²) in [6.07, 6.45) is -35.1. The quantitative estimate of drug-likeness (QED) is 0.214. The number of carbonyl (C=O) groups is 1. The molecular weight excluding hydrogens is 532 g/mol. The normalized spacial score (nSPS) is 25.6. The molecule has 0 radical (unpaired) electrons. The molecule has 0 spiro atoms. The zero-order valence-electron chi connectivity index (χ0n) is 18.6. The van der Waals surface area contributed by atoms with Crippen molar-refractivity contribution >= 4 is 5.97 Å². The minimum absolute atomic E-state index is 0.249. The van der Waals surface area contributed by atoms with E-state index in [1.165, 1.54) is 0 Å². The van der Waals surface area contributed by atoms with Gasteiger partial charge in [0.2, 0.25) is 0 Å². The van der Waals surface area contributed by atoms with Crippen molar-refractivity contribution in [3.63, 3.8) is 0 Å². The van der Waals surface area contributed by atoms with E-state index in [9.17, 15) is 67.7 Å². The Bertz CT molecular complexity index is 736. The minimum atomic E-state index is -5.83. The lowest BCUT2D eigenvalue weighted by atomic mass is 9.70. The fraction of sp³-hybridized carbons (Fsp3) is 0.850. The molecule has 4 nitrogen and oxygen atoms in total. The number of halogens is 12. The number of ether oxygens (including phenoxy) is 1. The maximum absolute atomic E-state index is 13.4. The van der Waals surface area contributed by atoms with Crippen molar-refractivity contribution in [3.8, 4) is 0 Å². The largest absolute Gasteiger partial charge is 0.459 e. The van der Waals surface area contributed by atoms with Crippen LogP contribution in [0.25, 0.3) is 0 Å². The van der Waals surface area contributed by atoms with E-state index in [1.54, 1.807) is 0 Å². The van der Waals surface area contributed by atoms with Crippen molar-refractivity contribution in [2.75, 3.05) is 0 Å². The minimum Gasteiger partial charge on any atom is -0.459 e. The van der Waals surface area contributed by atoms with Crippen molar-refractivity contribution in [1.82, 2.24) is 0 Å². The van der Waals surface area contributed by atoms with E-state index in [4.69, 9.17) is 4.74 Å². The van der Waals surface area contributed by atoms with Crippen LogP contribution in [0.4, 0.5) is 52.7 Å². The molecule has 1 rings (SSSR count). The second-order valence-electron chi connectivity index (χ2n) is 9.30. The molecule has 0 saturated heterocycles. The average molecular weight is 556 g/mol. The van der Waals surface area contributed by atoms with E-state index < -0.39 is 105 Å². The molecular formula is C20H24F12O4. The fourth-order valence-corrected chi connectivity index (χ4v) is 4.38. The molecule has 0 heterocycles. The molecule has 212 valence electrons. The Balaban J connectivity index is 3.34. The topological polar surface area (TPSA) is 66.8 Å². The van der Waals surface area contributed by atoms with Crippen molar-refractivity contribution < 1.29 is 72.4 Å². The second-order valence-corrected chi connectivity index (χ2v) is 9.30. The van der Waals surface area contributed by atoms with Gasteiger partial charge < -0.3 is 14.9 Å². The maximum atomic E-state index is 13.4. The monoisotopic (exact) mass is 556 g/mol. The molecule has 1 aliphatic rings. The van der Waals surface area contributed by atoms with Crippen LogP contribution in [0.5, 0.6) is 0 Å². The third kappa shape index (κ3) is 9.30. The van der Waals surface area contributed by atoms with Gasteiger partial charge in [0.25, 0.3) is 0 Å². The average Bonchev–Trinajstić information content (AvgIpc) is 2.55. The summed E-state index contributed by atoms with van der Waals surface area (Å²) < 4.78 is 162. The molecule has 0 aliphatic heterocycles. The molecule has 1 aliphatic carbocycles. The lowest BCUT2D eigenvalue weighted by molar-refractivity contribution is -0.303. The van der Waals surface area contributed by atoms with Crippen LogP contribution in [-0.2, 0) is 9.53 Å². The van der Waals surface area contributed by atoms with Gasteiger partial charge in [0.1, 0.15) is 6.10 Å². The Morgan fingerprint density at radius 2 is 1.08 bits per heavy atom. The van der Waals surface area contributed by atoms with Crippen LogP contribution >= 0.6 is 0 Å². The Labute approximate surface area is 197 Å². The van der Waals surface area contributed by atoms with Crippen LogP contribution in [0.3, 0.4) is 0 Å². The Morgan fingerprint density at radius 1 is 0.750 bits per heavy atom. The van der Waals surface area contributed by atoms with Gasteiger partial charge in [-0.1, -0.05) is 6.58 Å². The molecule has 1 fully saturated rings. The van der Waals surface area contributed by atoms with Crippen LogP contribution < -0.4 is 0 Å². The highest BCUT2D eigenvalue weighted by atomic mass is 19.4. The van der Waals surface area contributed by atoms with Gasteiger partial charge in [-0.2, -0.15) is 52.7 Å². The van der Waals surface area contributed by atoms with Gasteiger partial charge >= 0.3 is 30.7 Å². The van der Waals surface area contributed by atoms with Crippen molar-refractivity contribution in [2.45, 2.75) is 93.9 Å². The first-order valence-electron chi connectivity index (χ1n) is 10.3. The summed E-state index contributed by atoms with van der Waals surface area (Å²) in [5.41, 5.74) is -8.98. The molecule has 0 bridgehead atoms. The first-order valence-corrected chi connectivity index (χ1v) is 10.3. The molecule has 0 aromatic heterocycles. The summed E-state index contributed by atoms with van der Waals surface area (Å²) in [4.78, 5) is 11.8. The predicted octanol–water partition coefficient (Wildman–Crippen LogP) is 6.16. The summed E-state index contributed by atoms with van der Waals surface area (Å²) in [5, 5.41) is 19.7. The number of aliphatic hydroxyl groups is 2. The molecule has 2 N–H and O–H groups in total. The van der Waals surface area contributed by atoms with Crippen LogP contribution in [0, 0.1) is 11.8 Å². The van der Waals surface area contributed by atoms with E-state index in [1.807, 2.05) is 0 Å². The highest BCUT2D eigenvalue weighted by molar-refractivity contribution is 5.87. The third-order valence-electron chi connectivity index (χ3n) is 5.78. The molecule has 0 aromatic rings. The summed E-state index contributed by atoms with van der Waals surface area (Å²) in [7, 11) is 0. The Hall–Kier alpha value is -1.71. The van der Waals surface area contributed by atoms with Crippen LogP contribution in [0.2, 0.25) is 0 Å². The molecule has 4 unspecified atom stereocenters. The summed E-state index contributed by atoms with van der Waals surface area (Å²) in [6, 6.07) is 0. The van der Waals surface area contributed by atoms with E-state index in [0.717, 1.165) is 6.92 Å². The highest BCUT2D eigenvalue weighted by Crippen LogP contribution is 2.49. The third-order valence-corrected chi connectivity index (χ3v) is 5.78. The van der Waals surface area contributed by atoms with Crippen molar-refractivity contribution in [2.24, 2.45) is 11.8 Å². The lowest BCUT2D eigenvalue weighted by Gasteiger charge is -2.42. The van der Waals surface area contributed by atoms with Crippen LogP contribution in [-0.4, -0.2) is 58.2 Å². The smallest absolute Gasteiger partial charge is 0.417 e. The van der Waals surface area contributed by atoms with Gasteiger partial charge in [-0.25, -0.2) is 4.79 Å². The van der Waals surface area contributed by atoms with Gasteiger partial charge in [0.05, 0.1) is 12.8 Å². The van der Waals surface area contributed by atoms with Crippen LogP contribution in [0.1, 0.15) is 51.9 Å². The van der Waals surface area contributed by atoms with Gasteiger partial charge in [-0.15, -0.1) is 0 Å². The predicted molar refractivity (Wildman–Crippen MR) is 98.1 cm³/mol. The molecule has 4 atom stereocenters.